The van der Waals surface area contributed by atoms with Crippen molar-refractivity contribution in [1.82, 2.24) is 5.32 Å². The molecule has 0 aromatic carbocycles. The summed E-state index contributed by atoms with van der Waals surface area (Å²) in [7, 11) is 0. The van der Waals surface area contributed by atoms with Gasteiger partial charge in [-0.2, -0.15) is 0 Å². The molecule has 38 heavy (non-hydrogen) atoms. The SMILES string of the molecule is CCCCCCCCCCCCCC(=O)CNC(C)C(=O)OC(CCCCCC)CCCCCCCCC. The molecule has 0 aliphatic rings. The van der Waals surface area contributed by atoms with E-state index in [9.17, 15) is 9.59 Å². The molecule has 2 atom stereocenters. The van der Waals surface area contributed by atoms with E-state index in [0.717, 1.165) is 38.5 Å². The first-order chi connectivity index (χ1) is 18.5. The van der Waals surface area contributed by atoms with Gasteiger partial charge < -0.3 is 4.74 Å². The zero-order valence-electron chi connectivity index (χ0n) is 26.3. The molecule has 1 N–H and O–H groups in total. The van der Waals surface area contributed by atoms with Crippen LogP contribution in [0.5, 0.6) is 0 Å². The van der Waals surface area contributed by atoms with Crippen molar-refractivity contribution >= 4 is 11.8 Å². The Morgan fingerprint density at radius 2 is 0.921 bits per heavy atom. The minimum absolute atomic E-state index is 0.0197. The zero-order valence-corrected chi connectivity index (χ0v) is 26.3. The summed E-state index contributed by atoms with van der Waals surface area (Å²) in [6.07, 6.45) is 30.5. The van der Waals surface area contributed by atoms with Crippen molar-refractivity contribution in [3.05, 3.63) is 0 Å². The highest BCUT2D eigenvalue weighted by atomic mass is 16.5. The summed E-state index contributed by atoms with van der Waals surface area (Å²) in [4.78, 5) is 25.0. The molecule has 0 spiro atoms. The molecule has 4 heteroatoms. The number of nitrogens with one attached hydrogen (secondary N) is 1. The number of ether oxygens (including phenoxy) is 1. The van der Waals surface area contributed by atoms with Gasteiger partial charge in [0.05, 0.1) is 6.54 Å². The maximum absolute atomic E-state index is 12.7. The highest BCUT2D eigenvalue weighted by molar-refractivity contribution is 5.82. The Balaban J connectivity index is 4.03. The van der Waals surface area contributed by atoms with E-state index in [4.69, 9.17) is 4.74 Å². The third kappa shape index (κ3) is 25.4. The molecule has 226 valence electrons. The Labute approximate surface area is 238 Å². The fraction of sp³-hybridized carbons (Fsp3) is 0.941. The number of hydrogen-bond acceptors (Lipinski definition) is 4. The summed E-state index contributed by atoms with van der Waals surface area (Å²) in [5.41, 5.74) is 0. The summed E-state index contributed by atoms with van der Waals surface area (Å²) < 4.78 is 5.93. The molecule has 2 unspecified atom stereocenters. The molecule has 0 amide bonds. The van der Waals surface area contributed by atoms with Crippen molar-refractivity contribution in [2.24, 2.45) is 0 Å². The lowest BCUT2D eigenvalue weighted by atomic mass is 10.0. The van der Waals surface area contributed by atoms with Gasteiger partial charge in [0, 0.05) is 6.42 Å². The van der Waals surface area contributed by atoms with E-state index >= 15 is 0 Å². The van der Waals surface area contributed by atoms with Crippen molar-refractivity contribution in [3.63, 3.8) is 0 Å². The van der Waals surface area contributed by atoms with E-state index in [1.54, 1.807) is 0 Å². The monoisotopic (exact) mass is 538 g/mol. The topological polar surface area (TPSA) is 55.4 Å². The van der Waals surface area contributed by atoms with Crippen LogP contribution >= 0.6 is 0 Å². The lowest BCUT2D eigenvalue weighted by Gasteiger charge is -2.21. The zero-order chi connectivity index (χ0) is 28.1. The van der Waals surface area contributed by atoms with Crippen LogP contribution in [0.4, 0.5) is 0 Å². The van der Waals surface area contributed by atoms with Gasteiger partial charge in [0.25, 0.3) is 0 Å². The lowest BCUT2D eigenvalue weighted by Crippen LogP contribution is -2.40. The second kappa shape index (κ2) is 29.1. The van der Waals surface area contributed by atoms with Gasteiger partial charge in [0.15, 0.2) is 0 Å². The molecular formula is C34H67NO3. The quantitative estimate of drug-likeness (QED) is 0.0731. The van der Waals surface area contributed by atoms with E-state index in [1.165, 1.54) is 116 Å². The summed E-state index contributed by atoms with van der Waals surface area (Å²) in [5, 5.41) is 3.13. The van der Waals surface area contributed by atoms with Crippen molar-refractivity contribution in [3.8, 4) is 0 Å². The van der Waals surface area contributed by atoms with Crippen molar-refractivity contribution < 1.29 is 14.3 Å². The Kier molecular flexibility index (Phi) is 28.4. The molecule has 4 nitrogen and oxygen atoms in total. The molecule has 0 aromatic heterocycles. The lowest BCUT2D eigenvalue weighted by molar-refractivity contribution is -0.152. The molecule has 0 rings (SSSR count). The highest BCUT2D eigenvalue weighted by Gasteiger charge is 2.20. The van der Waals surface area contributed by atoms with Crippen LogP contribution < -0.4 is 5.32 Å². The average molecular weight is 538 g/mol. The summed E-state index contributed by atoms with van der Waals surface area (Å²) in [5.74, 6) is 0.00990. The van der Waals surface area contributed by atoms with E-state index in [2.05, 4.69) is 26.1 Å². The molecule has 0 saturated heterocycles. The third-order valence-corrected chi connectivity index (χ3v) is 7.81. The first kappa shape index (κ1) is 37.1. The first-order valence-corrected chi connectivity index (χ1v) is 17.0. The van der Waals surface area contributed by atoms with Crippen LogP contribution in [-0.2, 0) is 14.3 Å². The summed E-state index contributed by atoms with van der Waals surface area (Å²) in [6.45, 7) is 8.84. The van der Waals surface area contributed by atoms with E-state index < -0.39 is 6.04 Å². The second-order valence-electron chi connectivity index (χ2n) is 11.7. The molecule has 0 heterocycles. The van der Waals surface area contributed by atoms with E-state index in [0.29, 0.717) is 6.42 Å². The molecule has 0 aliphatic heterocycles. The number of carbonyl (C=O) groups is 2. The average Bonchev–Trinajstić information content (AvgIpc) is 2.91. The Morgan fingerprint density at radius 1 is 0.553 bits per heavy atom. The molecule has 0 aliphatic carbocycles. The van der Waals surface area contributed by atoms with Crippen LogP contribution in [0.15, 0.2) is 0 Å². The predicted octanol–water partition coefficient (Wildman–Crippen LogP) is 10.3. The van der Waals surface area contributed by atoms with E-state index in [1.807, 2.05) is 6.92 Å². The summed E-state index contributed by atoms with van der Waals surface area (Å²) >= 11 is 0. The minimum atomic E-state index is -0.427. The molecule has 0 fully saturated rings. The normalized spacial score (nSPS) is 12.9. The van der Waals surface area contributed by atoms with Crippen LogP contribution in [0, 0.1) is 0 Å². The van der Waals surface area contributed by atoms with Crippen LogP contribution in [0.1, 0.15) is 188 Å². The first-order valence-electron chi connectivity index (χ1n) is 17.0. The van der Waals surface area contributed by atoms with Crippen LogP contribution in [0.25, 0.3) is 0 Å². The van der Waals surface area contributed by atoms with Gasteiger partial charge in [-0.25, -0.2) is 0 Å². The summed E-state index contributed by atoms with van der Waals surface area (Å²) in [6, 6.07) is -0.427. The van der Waals surface area contributed by atoms with Crippen molar-refractivity contribution in [2.75, 3.05) is 6.54 Å². The van der Waals surface area contributed by atoms with Crippen molar-refractivity contribution in [1.29, 1.82) is 0 Å². The van der Waals surface area contributed by atoms with E-state index in [-0.39, 0.29) is 24.4 Å². The smallest absolute Gasteiger partial charge is 0.323 e. The Bertz CT molecular complexity index is 522. The number of Topliss-reactive ketones (excluding diaryl/α,β-unsaturated/α-hetero) is 1. The Hall–Kier alpha value is -0.900. The van der Waals surface area contributed by atoms with Gasteiger partial charge in [-0.1, -0.05) is 143 Å². The molecular weight excluding hydrogens is 470 g/mol. The van der Waals surface area contributed by atoms with Crippen molar-refractivity contribution in [2.45, 2.75) is 200 Å². The number of unbranched alkanes of at least 4 members (excludes halogenated alkanes) is 19. The van der Waals surface area contributed by atoms with Gasteiger partial charge in [-0.3, -0.25) is 14.9 Å². The Morgan fingerprint density at radius 3 is 1.37 bits per heavy atom. The fourth-order valence-electron chi connectivity index (χ4n) is 5.08. The number of rotatable bonds is 30. The number of ketones is 1. The maximum Gasteiger partial charge on any atom is 0.323 e. The van der Waals surface area contributed by atoms with Crippen LogP contribution in [-0.4, -0.2) is 30.4 Å². The van der Waals surface area contributed by atoms with Gasteiger partial charge >= 0.3 is 5.97 Å². The predicted molar refractivity (Wildman–Crippen MR) is 165 cm³/mol. The van der Waals surface area contributed by atoms with Gasteiger partial charge in [-0.05, 0) is 39.0 Å². The largest absolute Gasteiger partial charge is 0.461 e. The third-order valence-electron chi connectivity index (χ3n) is 7.81. The molecule has 0 saturated carbocycles. The number of carbonyl (C=O) groups excluding carboxylic acids is 2. The number of esters is 1. The maximum atomic E-state index is 12.7. The van der Waals surface area contributed by atoms with Crippen LogP contribution in [0.2, 0.25) is 0 Å². The minimum Gasteiger partial charge on any atom is -0.461 e. The molecule has 0 aromatic rings. The molecule has 0 bridgehead atoms. The second-order valence-corrected chi connectivity index (χ2v) is 11.7. The standard InChI is InChI=1S/C34H67NO3/c1-5-8-11-14-16-17-18-19-21-22-24-27-32(36)30-35-31(4)34(37)38-33(28-25-13-10-7-3)29-26-23-20-15-12-9-6-2/h31,33,35H,5-30H2,1-4H3. The van der Waals surface area contributed by atoms with Gasteiger partial charge in [-0.15, -0.1) is 0 Å². The number of hydrogen-bond donors (Lipinski definition) is 1. The van der Waals surface area contributed by atoms with Crippen LogP contribution in [0.3, 0.4) is 0 Å². The van der Waals surface area contributed by atoms with Gasteiger partial charge in [0.1, 0.15) is 17.9 Å². The fourth-order valence-corrected chi connectivity index (χ4v) is 5.08. The van der Waals surface area contributed by atoms with Gasteiger partial charge in [0.2, 0.25) is 0 Å². The highest BCUT2D eigenvalue weighted by Crippen LogP contribution is 2.17. The molecule has 0 radical (unpaired) electrons.